The zero-order valence-corrected chi connectivity index (χ0v) is 6.64. The van der Waals surface area contributed by atoms with Gasteiger partial charge in [-0.2, -0.15) is 0 Å². The smallest absolute Gasteiger partial charge is 0.0546 e. The van der Waals surface area contributed by atoms with Gasteiger partial charge in [0.2, 0.25) is 0 Å². The molecule has 1 rings (SSSR count). The van der Waals surface area contributed by atoms with Crippen molar-refractivity contribution in [2.24, 2.45) is 0 Å². The second-order valence-corrected chi connectivity index (χ2v) is 3.00. The van der Waals surface area contributed by atoms with Gasteiger partial charge in [0.05, 0.1) is 6.10 Å². The van der Waals surface area contributed by atoms with E-state index in [1.54, 1.807) is 5.57 Å². The van der Waals surface area contributed by atoms with Crippen molar-refractivity contribution in [1.82, 2.24) is 0 Å². The van der Waals surface area contributed by atoms with Crippen LogP contribution in [-0.4, -0.2) is 11.2 Å². The second kappa shape index (κ2) is 3.77. The Morgan fingerprint density at radius 2 is 2.10 bits per heavy atom. The summed E-state index contributed by atoms with van der Waals surface area (Å²) in [6, 6.07) is 0. The van der Waals surface area contributed by atoms with Crippen LogP contribution >= 0.6 is 0 Å². The molecule has 10 heavy (non-hydrogen) atoms. The van der Waals surface area contributed by atoms with Gasteiger partial charge in [-0.3, -0.25) is 0 Å². The summed E-state index contributed by atoms with van der Waals surface area (Å²) in [5.74, 6) is 0. The fourth-order valence-corrected chi connectivity index (χ4v) is 1.47. The maximum atomic E-state index is 9.17. The Morgan fingerprint density at radius 1 is 1.50 bits per heavy atom. The molecule has 0 atom stereocenters. The number of aliphatic hydroxyl groups excluding tert-OH is 1. The summed E-state index contributed by atoms with van der Waals surface area (Å²) >= 11 is 0. The first-order valence-electron chi connectivity index (χ1n) is 4.19. The molecule has 58 valence electrons. The highest BCUT2D eigenvalue weighted by Crippen LogP contribution is 2.23. The normalized spacial score (nSPS) is 26.6. The van der Waals surface area contributed by atoms with E-state index < -0.39 is 0 Å². The number of hydrogen-bond donors (Lipinski definition) is 1. The summed E-state index contributed by atoms with van der Waals surface area (Å²) < 4.78 is 0. The third-order valence-corrected chi connectivity index (χ3v) is 2.09. The first-order chi connectivity index (χ1) is 4.83. The maximum Gasteiger partial charge on any atom is 0.0546 e. The topological polar surface area (TPSA) is 20.2 Å². The van der Waals surface area contributed by atoms with Gasteiger partial charge in [-0.25, -0.2) is 0 Å². The summed E-state index contributed by atoms with van der Waals surface area (Å²) in [5.41, 5.74) is 1.55. The van der Waals surface area contributed by atoms with Gasteiger partial charge in [-0.05, 0) is 32.1 Å². The zero-order valence-electron chi connectivity index (χ0n) is 6.64. The molecule has 0 amide bonds. The molecule has 0 radical (unpaired) electrons. The summed E-state index contributed by atoms with van der Waals surface area (Å²) in [4.78, 5) is 0. The molecule has 0 spiro atoms. The van der Waals surface area contributed by atoms with E-state index in [2.05, 4.69) is 13.0 Å². The van der Waals surface area contributed by atoms with Crippen LogP contribution in [0.5, 0.6) is 0 Å². The fourth-order valence-electron chi connectivity index (χ4n) is 1.47. The minimum absolute atomic E-state index is 0.0194. The maximum absolute atomic E-state index is 9.17. The van der Waals surface area contributed by atoms with Crippen molar-refractivity contribution in [3.63, 3.8) is 0 Å². The minimum Gasteiger partial charge on any atom is -0.393 e. The van der Waals surface area contributed by atoms with Crippen LogP contribution in [0.15, 0.2) is 11.6 Å². The lowest BCUT2D eigenvalue weighted by Gasteiger charge is -2.18. The quantitative estimate of drug-likeness (QED) is 0.554. The molecule has 1 heteroatoms. The van der Waals surface area contributed by atoms with Crippen LogP contribution in [0.2, 0.25) is 0 Å². The van der Waals surface area contributed by atoms with Crippen LogP contribution < -0.4 is 0 Å². The first kappa shape index (κ1) is 7.80. The number of allylic oxidation sites excluding steroid dienone is 2. The third-order valence-electron chi connectivity index (χ3n) is 2.09. The molecule has 0 bridgehead atoms. The van der Waals surface area contributed by atoms with E-state index in [-0.39, 0.29) is 6.10 Å². The van der Waals surface area contributed by atoms with Crippen LogP contribution in [0, 0.1) is 0 Å². The Labute approximate surface area is 62.8 Å². The number of hydrogen-bond acceptors (Lipinski definition) is 1. The largest absolute Gasteiger partial charge is 0.393 e. The van der Waals surface area contributed by atoms with Gasteiger partial charge in [0.25, 0.3) is 0 Å². The minimum atomic E-state index is -0.0194. The summed E-state index contributed by atoms with van der Waals surface area (Å²) in [6.07, 6.45) is 7.62. The molecule has 0 saturated heterocycles. The Kier molecular flexibility index (Phi) is 2.94. The average molecular weight is 140 g/mol. The molecule has 1 N–H and O–H groups in total. The van der Waals surface area contributed by atoms with E-state index in [9.17, 15) is 0 Å². The summed E-state index contributed by atoms with van der Waals surface area (Å²) in [6.45, 7) is 2.16. The van der Waals surface area contributed by atoms with E-state index in [4.69, 9.17) is 5.11 Å². The molecule has 0 aromatic heterocycles. The van der Waals surface area contributed by atoms with Gasteiger partial charge >= 0.3 is 0 Å². The fraction of sp³-hybridized carbons (Fsp3) is 0.778. The molecule has 0 unspecified atom stereocenters. The Balaban J connectivity index is 2.32. The Bertz CT molecular complexity index is 117. The molecule has 1 nitrogen and oxygen atoms in total. The Morgan fingerprint density at radius 3 is 2.60 bits per heavy atom. The second-order valence-electron chi connectivity index (χ2n) is 3.00. The lowest BCUT2D eigenvalue weighted by Crippen LogP contribution is -2.12. The van der Waals surface area contributed by atoms with Gasteiger partial charge in [-0.1, -0.05) is 18.6 Å². The highest BCUT2D eigenvalue weighted by molar-refractivity contribution is 5.04. The predicted molar refractivity (Wildman–Crippen MR) is 42.8 cm³/mol. The van der Waals surface area contributed by atoms with Crippen LogP contribution in [0.4, 0.5) is 0 Å². The number of aliphatic hydroxyl groups is 1. The van der Waals surface area contributed by atoms with Crippen LogP contribution in [0.25, 0.3) is 0 Å². The molecule has 0 aromatic carbocycles. The standard InChI is InChI=1S/C9H16O/c1-2-3-8-4-6-9(10)7-5-8/h3,9-10H,2,4-7H2,1H3. The van der Waals surface area contributed by atoms with Gasteiger partial charge < -0.3 is 5.11 Å². The van der Waals surface area contributed by atoms with Crippen molar-refractivity contribution in [2.75, 3.05) is 0 Å². The average Bonchev–Trinajstić information content (AvgIpc) is 1.95. The molecule has 1 aliphatic rings. The van der Waals surface area contributed by atoms with Gasteiger partial charge in [0.15, 0.2) is 0 Å². The summed E-state index contributed by atoms with van der Waals surface area (Å²) in [5, 5.41) is 9.17. The monoisotopic (exact) mass is 140 g/mol. The Hall–Kier alpha value is -0.300. The molecule has 1 saturated carbocycles. The van der Waals surface area contributed by atoms with Crippen LogP contribution in [0.3, 0.4) is 0 Å². The predicted octanol–water partition coefficient (Wildman–Crippen LogP) is 2.26. The van der Waals surface area contributed by atoms with E-state index >= 15 is 0 Å². The molecular formula is C9H16O. The van der Waals surface area contributed by atoms with Crippen molar-refractivity contribution in [3.05, 3.63) is 11.6 Å². The lowest BCUT2D eigenvalue weighted by molar-refractivity contribution is 0.143. The first-order valence-corrected chi connectivity index (χ1v) is 4.19. The van der Waals surface area contributed by atoms with Crippen LogP contribution in [0.1, 0.15) is 39.0 Å². The lowest BCUT2D eigenvalue weighted by atomic mass is 9.92. The highest BCUT2D eigenvalue weighted by Gasteiger charge is 2.12. The van der Waals surface area contributed by atoms with Crippen molar-refractivity contribution in [2.45, 2.75) is 45.1 Å². The molecular weight excluding hydrogens is 124 g/mol. The van der Waals surface area contributed by atoms with Gasteiger partial charge in [0, 0.05) is 0 Å². The van der Waals surface area contributed by atoms with Crippen molar-refractivity contribution in [1.29, 1.82) is 0 Å². The van der Waals surface area contributed by atoms with Crippen molar-refractivity contribution >= 4 is 0 Å². The third kappa shape index (κ3) is 2.14. The van der Waals surface area contributed by atoms with E-state index in [1.807, 2.05) is 0 Å². The van der Waals surface area contributed by atoms with Crippen LogP contribution in [-0.2, 0) is 0 Å². The number of rotatable bonds is 1. The molecule has 1 fully saturated rings. The van der Waals surface area contributed by atoms with Crippen molar-refractivity contribution < 1.29 is 5.11 Å². The van der Waals surface area contributed by atoms with Gasteiger partial charge in [-0.15, -0.1) is 0 Å². The molecule has 1 aliphatic carbocycles. The van der Waals surface area contributed by atoms with E-state index in [0.29, 0.717) is 0 Å². The SMILES string of the molecule is CCC=C1CCC(O)CC1. The van der Waals surface area contributed by atoms with E-state index in [1.165, 1.54) is 0 Å². The van der Waals surface area contributed by atoms with Crippen molar-refractivity contribution in [3.8, 4) is 0 Å². The van der Waals surface area contributed by atoms with Gasteiger partial charge in [0.1, 0.15) is 0 Å². The highest BCUT2D eigenvalue weighted by atomic mass is 16.3. The van der Waals surface area contributed by atoms with E-state index in [0.717, 1.165) is 32.1 Å². The zero-order chi connectivity index (χ0) is 7.40. The molecule has 0 heterocycles. The molecule has 0 aliphatic heterocycles. The molecule has 0 aromatic rings. The summed E-state index contributed by atoms with van der Waals surface area (Å²) in [7, 11) is 0.